The number of rotatable bonds is 2. The lowest BCUT2D eigenvalue weighted by Crippen LogP contribution is -3.00. The monoisotopic (exact) mass is 582 g/mol. The molecule has 0 aromatic carbocycles. The number of piperazine rings is 1. The maximum atomic E-state index is 12.5. The second kappa shape index (κ2) is 9.85. The Bertz CT molecular complexity index is 715. The summed E-state index contributed by atoms with van der Waals surface area (Å²) in [6, 6.07) is 6.91. The van der Waals surface area contributed by atoms with Gasteiger partial charge in [0, 0.05) is 38.3 Å². The van der Waals surface area contributed by atoms with Crippen molar-refractivity contribution in [2.75, 3.05) is 37.9 Å². The van der Waals surface area contributed by atoms with Gasteiger partial charge in [-0.15, -0.1) is 0 Å². The van der Waals surface area contributed by atoms with Crippen molar-refractivity contribution < 1.29 is 66.9 Å². The van der Waals surface area contributed by atoms with E-state index in [1.165, 1.54) is 9.35 Å². The number of halogens is 2. The number of pyridine rings is 2. The van der Waals surface area contributed by atoms with Gasteiger partial charge in [-0.05, 0) is 12.1 Å². The van der Waals surface area contributed by atoms with Gasteiger partial charge in [-0.25, -0.2) is 11.7 Å². The Hall–Kier alpha value is -1.70. The maximum Gasteiger partial charge on any atom is 0.260 e. The standard InChI is InChI=1S/C16H20N6O2.2HI/c17-21-5-1-3-13(11-21)15(23)19-7-9-20(10-8-19)16(24)14-4-2-6-22(18)12-14;;/h1-6,11-12H,7-10,17-18H2;2*1H/q+2;;/p-2. The smallest absolute Gasteiger partial charge is 0.260 e. The Morgan fingerprint density at radius 3 is 1.42 bits per heavy atom. The topological polar surface area (TPSA) is 100 Å². The summed E-state index contributed by atoms with van der Waals surface area (Å²) < 4.78 is 2.70. The molecule has 2 aromatic heterocycles. The molecule has 0 unspecified atom stereocenters. The lowest BCUT2D eigenvalue weighted by Gasteiger charge is -2.34. The number of aromatic nitrogens is 2. The Balaban J connectivity index is 0.00000169. The van der Waals surface area contributed by atoms with Gasteiger partial charge in [-0.1, -0.05) is 9.35 Å². The van der Waals surface area contributed by atoms with Crippen molar-refractivity contribution in [1.29, 1.82) is 0 Å². The Morgan fingerprint density at radius 1 is 0.769 bits per heavy atom. The largest absolute Gasteiger partial charge is 1.00 e. The van der Waals surface area contributed by atoms with E-state index < -0.39 is 0 Å². The number of carbonyl (C=O) groups excluding carboxylic acids is 2. The van der Waals surface area contributed by atoms with Crippen LogP contribution in [0.2, 0.25) is 0 Å². The van der Waals surface area contributed by atoms with Crippen LogP contribution in [-0.4, -0.2) is 47.8 Å². The minimum absolute atomic E-state index is 0. The fourth-order valence-corrected chi connectivity index (χ4v) is 2.72. The maximum absolute atomic E-state index is 12.5. The molecule has 140 valence electrons. The van der Waals surface area contributed by atoms with E-state index in [0.29, 0.717) is 37.3 Å². The average molecular weight is 582 g/mol. The van der Waals surface area contributed by atoms with Gasteiger partial charge in [-0.2, -0.15) is 0 Å². The second-order valence-corrected chi connectivity index (χ2v) is 5.66. The van der Waals surface area contributed by atoms with E-state index in [0.717, 1.165) is 0 Å². The molecule has 1 aliphatic heterocycles. The molecule has 0 spiro atoms. The van der Waals surface area contributed by atoms with Gasteiger partial charge in [0.05, 0.1) is 0 Å². The molecule has 0 radical (unpaired) electrons. The summed E-state index contributed by atoms with van der Waals surface area (Å²) >= 11 is 0. The molecule has 0 aliphatic carbocycles. The molecule has 4 N–H and O–H groups in total. The van der Waals surface area contributed by atoms with Crippen LogP contribution in [-0.2, 0) is 0 Å². The van der Waals surface area contributed by atoms with E-state index in [1.807, 2.05) is 0 Å². The molecule has 1 fully saturated rings. The highest BCUT2D eigenvalue weighted by molar-refractivity contribution is 5.95. The first kappa shape index (κ1) is 22.3. The first-order chi connectivity index (χ1) is 11.5. The molecule has 0 atom stereocenters. The summed E-state index contributed by atoms with van der Waals surface area (Å²) in [6.45, 7) is 1.94. The Labute approximate surface area is 185 Å². The number of nitrogens with zero attached hydrogens (tertiary/aromatic N) is 4. The second-order valence-electron chi connectivity index (χ2n) is 5.66. The summed E-state index contributed by atoms with van der Waals surface area (Å²) in [7, 11) is 0. The summed E-state index contributed by atoms with van der Waals surface area (Å²) in [4.78, 5) is 28.4. The third kappa shape index (κ3) is 5.16. The number of nitrogens with two attached hydrogens (primary N) is 2. The van der Waals surface area contributed by atoms with Crippen molar-refractivity contribution in [2.45, 2.75) is 0 Å². The lowest BCUT2D eigenvalue weighted by molar-refractivity contribution is -0.639. The zero-order chi connectivity index (χ0) is 17.1. The van der Waals surface area contributed by atoms with Crippen molar-refractivity contribution in [1.82, 2.24) is 9.80 Å². The van der Waals surface area contributed by atoms with Gasteiger partial charge >= 0.3 is 0 Å². The van der Waals surface area contributed by atoms with Crippen molar-refractivity contribution in [3.05, 3.63) is 60.2 Å². The zero-order valence-corrected chi connectivity index (χ0v) is 18.3. The number of carbonyl (C=O) groups is 2. The molecular weight excluding hydrogens is 562 g/mol. The first-order valence-electron chi connectivity index (χ1n) is 7.66. The summed E-state index contributed by atoms with van der Waals surface area (Å²) in [5.41, 5.74) is 1.07. The fraction of sp³-hybridized carbons (Fsp3) is 0.250. The van der Waals surface area contributed by atoms with E-state index in [2.05, 4.69) is 0 Å². The van der Waals surface area contributed by atoms with Gasteiger partial charge in [0.15, 0.2) is 12.4 Å². The number of nitrogen functional groups attached to an aromatic ring is 2. The average Bonchev–Trinajstić information content (AvgIpc) is 2.60. The minimum Gasteiger partial charge on any atom is -1.00 e. The van der Waals surface area contributed by atoms with Gasteiger partial charge < -0.3 is 57.8 Å². The van der Waals surface area contributed by atoms with Crippen LogP contribution >= 0.6 is 0 Å². The van der Waals surface area contributed by atoms with Crippen LogP contribution in [0.25, 0.3) is 0 Å². The molecule has 3 rings (SSSR count). The van der Waals surface area contributed by atoms with Gasteiger partial charge in [0.25, 0.3) is 11.8 Å². The molecule has 3 heterocycles. The molecular formula is C16H20I2N6O2. The molecule has 26 heavy (non-hydrogen) atoms. The normalized spacial score (nSPS) is 13.4. The highest BCUT2D eigenvalue weighted by Crippen LogP contribution is 2.10. The van der Waals surface area contributed by atoms with Crippen molar-refractivity contribution in [3.8, 4) is 0 Å². The summed E-state index contributed by atoms with van der Waals surface area (Å²) in [5.74, 6) is 11.1. The molecule has 2 aromatic rings. The number of hydrogen-bond acceptors (Lipinski definition) is 4. The molecule has 10 heteroatoms. The molecule has 0 bridgehead atoms. The molecule has 1 saturated heterocycles. The third-order valence-corrected chi connectivity index (χ3v) is 3.99. The van der Waals surface area contributed by atoms with E-state index in [9.17, 15) is 9.59 Å². The first-order valence-corrected chi connectivity index (χ1v) is 7.66. The molecule has 0 saturated carbocycles. The molecule has 2 amide bonds. The van der Waals surface area contributed by atoms with Crippen molar-refractivity contribution >= 4 is 11.8 Å². The van der Waals surface area contributed by atoms with Crippen molar-refractivity contribution in [3.63, 3.8) is 0 Å². The lowest BCUT2D eigenvalue weighted by atomic mass is 10.2. The van der Waals surface area contributed by atoms with Crippen LogP contribution in [0.4, 0.5) is 0 Å². The van der Waals surface area contributed by atoms with E-state index >= 15 is 0 Å². The Morgan fingerprint density at radius 2 is 1.12 bits per heavy atom. The molecule has 1 aliphatic rings. The predicted molar refractivity (Wildman–Crippen MR) is 85.4 cm³/mol. The zero-order valence-electron chi connectivity index (χ0n) is 14.0. The van der Waals surface area contributed by atoms with Gasteiger partial charge in [0.1, 0.15) is 11.1 Å². The highest BCUT2D eigenvalue weighted by Gasteiger charge is 2.27. The fourth-order valence-electron chi connectivity index (χ4n) is 2.72. The van der Waals surface area contributed by atoms with E-state index in [-0.39, 0.29) is 59.8 Å². The van der Waals surface area contributed by atoms with Crippen molar-refractivity contribution in [2.24, 2.45) is 0 Å². The minimum atomic E-state index is -0.0820. The van der Waals surface area contributed by atoms with Crippen LogP contribution in [0.15, 0.2) is 49.1 Å². The van der Waals surface area contributed by atoms with Crippen LogP contribution < -0.4 is 69.0 Å². The van der Waals surface area contributed by atoms with Gasteiger partial charge in [0.2, 0.25) is 12.4 Å². The van der Waals surface area contributed by atoms with Crippen LogP contribution in [0.3, 0.4) is 0 Å². The summed E-state index contributed by atoms with van der Waals surface area (Å²) in [5, 5.41) is 0. The van der Waals surface area contributed by atoms with Crippen LogP contribution in [0, 0.1) is 0 Å². The predicted octanol–water partition coefficient (Wildman–Crippen LogP) is -7.70. The number of hydrogen-bond donors (Lipinski definition) is 2. The molecule has 8 nitrogen and oxygen atoms in total. The van der Waals surface area contributed by atoms with Crippen LogP contribution in [0.5, 0.6) is 0 Å². The van der Waals surface area contributed by atoms with Crippen LogP contribution in [0.1, 0.15) is 20.7 Å². The quantitative estimate of drug-likeness (QED) is 0.209. The Kier molecular flexibility index (Phi) is 8.46. The van der Waals surface area contributed by atoms with E-state index in [1.54, 1.807) is 58.9 Å². The third-order valence-electron chi connectivity index (χ3n) is 3.99. The highest BCUT2D eigenvalue weighted by atomic mass is 127. The van der Waals surface area contributed by atoms with Gasteiger partial charge in [-0.3, -0.25) is 9.59 Å². The van der Waals surface area contributed by atoms with E-state index in [4.69, 9.17) is 11.7 Å². The number of amides is 2. The summed E-state index contributed by atoms with van der Waals surface area (Å²) in [6.07, 6.45) is 6.50. The SMILES string of the molecule is N[n+]1cccc(C(=O)N2CCN(C(=O)c3ccc[n+](N)c3)CC2)c1.[I-].[I-].